The van der Waals surface area contributed by atoms with E-state index in [1.54, 1.807) is 0 Å². The molecule has 4 unspecified atom stereocenters. The Morgan fingerprint density at radius 3 is 2.57 bits per heavy atom. The van der Waals surface area contributed by atoms with E-state index in [1.165, 1.54) is 19.3 Å². The molecular weight excluding hydrogens is 346 g/mol. The van der Waals surface area contributed by atoms with E-state index in [2.05, 4.69) is 35.1 Å². The molecular formula is C17H26BrNOS. The van der Waals surface area contributed by atoms with Crippen molar-refractivity contribution in [3.63, 3.8) is 0 Å². The van der Waals surface area contributed by atoms with E-state index in [-0.39, 0.29) is 5.25 Å². The SMILES string of the molecule is CCCC1CCC(NCC)C(S(=O)c2ccc(Br)cc2)C1. The third-order valence-corrected chi connectivity index (χ3v) is 6.72. The van der Waals surface area contributed by atoms with Crippen LogP contribution in [0.1, 0.15) is 46.0 Å². The van der Waals surface area contributed by atoms with Gasteiger partial charge in [-0.05, 0) is 56.0 Å². The van der Waals surface area contributed by atoms with Gasteiger partial charge in [-0.2, -0.15) is 0 Å². The zero-order valence-corrected chi connectivity index (χ0v) is 15.4. The first kappa shape index (κ1) is 17.2. The molecule has 118 valence electrons. The van der Waals surface area contributed by atoms with Gasteiger partial charge in [-0.3, -0.25) is 4.21 Å². The highest BCUT2D eigenvalue weighted by Gasteiger charge is 2.34. The number of hydrogen-bond donors (Lipinski definition) is 1. The largest absolute Gasteiger partial charge is 0.313 e. The Hall–Kier alpha value is -0.190. The molecule has 0 heterocycles. The lowest BCUT2D eigenvalue weighted by atomic mass is 9.83. The molecule has 1 fully saturated rings. The summed E-state index contributed by atoms with van der Waals surface area (Å²) in [4.78, 5) is 0.961. The van der Waals surface area contributed by atoms with Crippen molar-refractivity contribution in [2.75, 3.05) is 6.54 Å². The van der Waals surface area contributed by atoms with E-state index in [0.29, 0.717) is 6.04 Å². The summed E-state index contributed by atoms with van der Waals surface area (Å²) in [5, 5.41) is 3.80. The molecule has 21 heavy (non-hydrogen) atoms. The van der Waals surface area contributed by atoms with Gasteiger partial charge in [-0.25, -0.2) is 0 Å². The molecule has 0 bridgehead atoms. The minimum absolute atomic E-state index is 0.247. The van der Waals surface area contributed by atoms with Crippen LogP contribution in [0.25, 0.3) is 0 Å². The Morgan fingerprint density at radius 2 is 1.95 bits per heavy atom. The molecule has 2 rings (SSSR count). The van der Waals surface area contributed by atoms with E-state index < -0.39 is 10.8 Å². The lowest BCUT2D eigenvalue weighted by molar-refractivity contribution is 0.286. The zero-order chi connectivity index (χ0) is 15.2. The van der Waals surface area contributed by atoms with Crippen molar-refractivity contribution >= 4 is 26.7 Å². The maximum Gasteiger partial charge on any atom is 0.0576 e. The van der Waals surface area contributed by atoms with Crippen LogP contribution in [0.5, 0.6) is 0 Å². The normalized spacial score (nSPS) is 27.5. The molecule has 0 aromatic heterocycles. The lowest BCUT2D eigenvalue weighted by Crippen LogP contribution is -2.46. The minimum Gasteiger partial charge on any atom is -0.313 e. The molecule has 4 atom stereocenters. The van der Waals surface area contributed by atoms with Gasteiger partial charge < -0.3 is 5.32 Å². The maximum atomic E-state index is 13.0. The van der Waals surface area contributed by atoms with Crippen LogP contribution in [-0.4, -0.2) is 22.0 Å². The third kappa shape index (κ3) is 4.64. The standard InChI is InChI=1S/C17H26BrNOS/c1-3-5-13-6-11-16(19-4-2)17(12-13)21(20)15-9-7-14(18)8-10-15/h7-10,13,16-17,19H,3-6,11-12H2,1-2H3. The molecule has 1 aliphatic carbocycles. The van der Waals surface area contributed by atoms with Crippen molar-refractivity contribution in [2.24, 2.45) is 5.92 Å². The molecule has 4 heteroatoms. The first-order valence-electron chi connectivity index (χ1n) is 8.05. The topological polar surface area (TPSA) is 29.1 Å². The molecule has 1 aromatic carbocycles. The number of nitrogens with one attached hydrogen (secondary N) is 1. The van der Waals surface area contributed by atoms with Gasteiger partial charge in [-0.15, -0.1) is 0 Å². The highest BCUT2D eigenvalue weighted by molar-refractivity contribution is 9.10. The average Bonchev–Trinajstić information content (AvgIpc) is 2.49. The van der Waals surface area contributed by atoms with Crippen LogP contribution in [0.3, 0.4) is 0 Å². The zero-order valence-electron chi connectivity index (χ0n) is 13.0. The predicted octanol–water partition coefficient (Wildman–Crippen LogP) is 4.50. The minimum atomic E-state index is -0.917. The maximum absolute atomic E-state index is 13.0. The Kier molecular flexibility index (Phi) is 6.90. The summed E-state index contributed by atoms with van der Waals surface area (Å²) in [6, 6.07) is 8.36. The summed E-state index contributed by atoms with van der Waals surface area (Å²) >= 11 is 3.45. The van der Waals surface area contributed by atoms with Crippen LogP contribution in [0.15, 0.2) is 33.6 Å². The highest BCUT2D eigenvalue weighted by atomic mass is 79.9. The van der Waals surface area contributed by atoms with Crippen molar-refractivity contribution in [1.82, 2.24) is 5.32 Å². The van der Waals surface area contributed by atoms with Crippen molar-refractivity contribution in [3.05, 3.63) is 28.7 Å². The van der Waals surface area contributed by atoms with Crippen molar-refractivity contribution in [3.8, 4) is 0 Å². The van der Waals surface area contributed by atoms with Gasteiger partial charge in [0.15, 0.2) is 0 Å². The second-order valence-electron chi connectivity index (χ2n) is 5.92. The first-order valence-corrected chi connectivity index (χ1v) is 10.1. The van der Waals surface area contributed by atoms with Crippen LogP contribution >= 0.6 is 15.9 Å². The Labute approximate surface area is 139 Å². The fraction of sp³-hybridized carbons (Fsp3) is 0.647. The van der Waals surface area contributed by atoms with Crippen LogP contribution in [0.2, 0.25) is 0 Å². The molecule has 0 radical (unpaired) electrons. The smallest absolute Gasteiger partial charge is 0.0576 e. The summed E-state index contributed by atoms with van der Waals surface area (Å²) in [6.45, 7) is 5.34. The molecule has 1 aliphatic rings. The number of halogens is 1. The van der Waals surface area contributed by atoms with Crippen molar-refractivity contribution in [1.29, 1.82) is 0 Å². The third-order valence-electron chi connectivity index (χ3n) is 4.38. The van der Waals surface area contributed by atoms with E-state index >= 15 is 0 Å². The lowest BCUT2D eigenvalue weighted by Gasteiger charge is -2.36. The van der Waals surface area contributed by atoms with Gasteiger partial charge in [0.25, 0.3) is 0 Å². The molecule has 1 aromatic rings. The van der Waals surface area contributed by atoms with Gasteiger partial charge in [-0.1, -0.05) is 42.6 Å². The van der Waals surface area contributed by atoms with E-state index in [9.17, 15) is 4.21 Å². The van der Waals surface area contributed by atoms with Gasteiger partial charge >= 0.3 is 0 Å². The van der Waals surface area contributed by atoms with Gasteiger partial charge in [0.05, 0.1) is 16.0 Å². The molecule has 1 N–H and O–H groups in total. The quantitative estimate of drug-likeness (QED) is 0.796. The molecule has 0 saturated heterocycles. The van der Waals surface area contributed by atoms with E-state index in [1.807, 2.05) is 24.3 Å². The van der Waals surface area contributed by atoms with E-state index in [4.69, 9.17) is 0 Å². The summed E-state index contributed by atoms with van der Waals surface area (Å²) in [5.41, 5.74) is 0. The highest BCUT2D eigenvalue weighted by Crippen LogP contribution is 2.33. The van der Waals surface area contributed by atoms with Crippen LogP contribution in [0.4, 0.5) is 0 Å². The summed E-state index contributed by atoms with van der Waals surface area (Å²) in [7, 11) is -0.917. The van der Waals surface area contributed by atoms with Gasteiger partial charge in [0, 0.05) is 15.4 Å². The predicted molar refractivity (Wildman–Crippen MR) is 94.1 cm³/mol. The fourth-order valence-electron chi connectivity index (χ4n) is 3.36. The van der Waals surface area contributed by atoms with Crippen LogP contribution < -0.4 is 5.32 Å². The van der Waals surface area contributed by atoms with Crippen LogP contribution in [0, 0.1) is 5.92 Å². The fourth-order valence-corrected chi connectivity index (χ4v) is 5.35. The average molecular weight is 372 g/mol. The van der Waals surface area contributed by atoms with Crippen LogP contribution in [-0.2, 0) is 10.8 Å². The summed E-state index contributed by atoms with van der Waals surface area (Å²) < 4.78 is 14.0. The first-order chi connectivity index (χ1) is 10.2. The Bertz CT molecular complexity index is 462. The van der Waals surface area contributed by atoms with Gasteiger partial charge in [0.2, 0.25) is 0 Å². The summed E-state index contributed by atoms with van der Waals surface area (Å²) in [5.74, 6) is 0.745. The van der Waals surface area contributed by atoms with Crippen molar-refractivity contribution in [2.45, 2.75) is 62.1 Å². The monoisotopic (exact) mass is 371 g/mol. The second kappa shape index (κ2) is 8.44. The molecule has 1 saturated carbocycles. The molecule has 0 spiro atoms. The summed E-state index contributed by atoms with van der Waals surface area (Å²) in [6.07, 6.45) is 6.03. The Balaban J connectivity index is 2.14. The number of benzene rings is 1. The molecule has 0 amide bonds. The molecule has 2 nitrogen and oxygen atoms in total. The second-order valence-corrected chi connectivity index (χ2v) is 8.51. The number of rotatable bonds is 6. The Morgan fingerprint density at radius 1 is 1.24 bits per heavy atom. The number of hydrogen-bond acceptors (Lipinski definition) is 2. The molecule has 0 aliphatic heterocycles. The van der Waals surface area contributed by atoms with Gasteiger partial charge in [0.1, 0.15) is 0 Å². The van der Waals surface area contributed by atoms with E-state index in [0.717, 1.165) is 34.7 Å². The van der Waals surface area contributed by atoms with Crippen molar-refractivity contribution < 1.29 is 4.21 Å².